The van der Waals surface area contributed by atoms with Crippen LogP contribution in [0.25, 0.3) is 0 Å². The second-order valence-electron chi connectivity index (χ2n) is 7.99. The molecule has 7 heteroatoms. The van der Waals surface area contributed by atoms with E-state index < -0.39 is 35.1 Å². The summed E-state index contributed by atoms with van der Waals surface area (Å²) in [6, 6.07) is 10.3. The molecule has 0 spiro atoms. The zero-order valence-electron chi connectivity index (χ0n) is 15.1. The zero-order chi connectivity index (χ0) is 19.7. The number of rotatable bonds is 3. The molecule has 142 valence electrons. The van der Waals surface area contributed by atoms with E-state index in [-0.39, 0.29) is 5.91 Å². The van der Waals surface area contributed by atoms with Gasteiger partial charge in [-0.2, -0.15) is 9.65 Å². The van der Waals surface area contributed by atoms with Gasteiger partial charge in [-0.25, -0.2) is 4.98 Å². The number of benzene rings is 1. The first kappa shape index (κ1) is 17.3. The van der Waals surface area contributed by atoms with E-state index in [1.54, 1.807) is 24.3 Å². The Bertz CT molecular complexity index is 1050. The predicted octanol–water partition coefficient (Wildman–Crippen LogP) is 2.20. The lowest BCUT2D eigenvalue weighted by Gasteiger charge is -2.29. The van der Waals surface area contributed by atoms with Gasteiger partial charge in [0, 0.05) is 23.7 Å². The van der Waals surface area contributed by atoms with Crippen LogP contribution >= 0.6 is 0 Å². The molecule has 1 amide bonds. The molecular weight excluding hydrogens is 361 g/mol. The van der Waals surface area contributed by atoms with Crippen molar-refractivity contribution in [1.82, 2.24) is 4.98 Å². The van der Waals surface area contributed by atoms with Crippen LogP contribution in [0.5, 0.6) is 0 Å². The van der Waals surface area contributed by atoms with E-state index in [9.17, 15) is 14.3 Å². The van der Waals surface area contributed by atoms with E-state index in [2.05, 4.69) is 16.4 Å². The summed E-state index contributed by atoms with van der Waals surface area (Å²) in [5.74, 6) is -0.846. The van der Waals surface area contributed by atoms with Crippen molar-refractivity contribution in [2.45, 2.75) is 43.5 Å². The third-order valence-corrected chi connectivity index (χ3v) is 6.49. The van der Waals surface area contributed by atoms with Crippen molar-refractivity contribution < 1.29 is 19.0 Å². The van der Waals surface area contributed by atoms with Crippen LogP contribution in [0.2, 0.25) is 0 Å². The summed E-state index contributed by atoms with van der Waals surface area (Å²) in [7, 11) is 0. The van der Waals surface area contributed by atoms with Crippen molar-refractivity contribution in [1.29, 1.82) is 5.26 Å². The van der Waals surface area contributed by atoms with Crippen molar-refractivity contribution >= 4 is 11.6 Å². The average molecular weight is 379 g/mol. The number of aryl methyl sites for hydroxylation is 1. The lowest BCUT2D eigenvalue weighted by atomic mass is 9.74. The maximum absolute atomic E-state index is 13.8. The van der Waals surface area contributed by atoms with Gasteiger partial charge in [0.05, 0.1) is 35.4 Å². The lowest BCUT2D eigenvalue weighted by Crippen LogP contribution is -2.44. The first-order chi connectivity index (χ1) is 13.4. The van der Waals surface area contributed by atoms with Gasteiger partial charge in [0.25, 0.3) is 0 Å². The molecule has 3 fully saturated rings. The quantitative estimate of drug-likeness (QED) is 0.797. The maximum atomic E-state index is 13.8. The number of carbonyl (C=O) groups is 1. The Labute approximate surface area is 161 Å². The normalized spacial score (nSPS) is 34.6. The third-order valence-electron chi connectivity index (χ3n) is 6.49. The largest absolute Gasteiger partial charge is 0.390 e. The number of hydrogen-bond acceptors (Lipinski definition) is 5. The second kappa shape index (κ2) is 5.60. The van der Waals surface area contributed by atoms with Gasteiger partial charge < -0.3 is 15.2 Å². The molecule has 2 aliphatic heterocycles. The van der Waals surface area contributed by atoms with Crippen LogP contribution in [0.3, 0.4) is 0 Å². The summed E-state index contributed by atoms with van der Waals surface area (Å²) in [6.45, 7) is 1.85. The molecular formula is C21H18FN3O3. The molecule has 3 aliphatic rings. The number of halogens is 1. The van der Waals surface area contributed by atoms with E-state index in [4.69, 9.17) is 10.00 Å². The molecule has 1 aromatic carbocycles. The summed E-state index contributed by atoms with van der Waals surface area (Å²) in [6.07, 6.45) is 0.580. The number of carbonyl (C=O) groups excluding carboxylic acids is 1. The number of pyridine rings is 1. The van der Waals surface area contributed by atoms with Crippen LogP contribution in [0.4, 0.5) is 10.1 Å². The summed E-state index contributed by atoms with van der Waals surface area (Å²) in [5, 5.41) is 22.5. The van der Waals surface area contributed by atoms with Crippen molar-refractivity contribution in [3.05, 3.63) is 59.2 Å². The topological polar surface area (TPSA) is 95.2 Å². The fraction of sp³-hybridized carbons (Fsp3) is 0.381. The van der Waals surface area contributed by atoms with Crippen LogP contribution in [0.1, 0.15) is 29.5 Å². The lowest BCUT2D eigenvalue weighted by molar-refractivity contribution is -0.124. The molecule has 2 N–H and O–H groups in total. The fourth-order valence-corrected chi connectivity index (χ4v) is 5.37. The van der Waals surface area contributed by atoms with E-state index in [1.807, 2.05) is 6.92 Å². The molecule has 1 aliphatic carbocycles. The summed E-state index contributed by atoms with van der Waals surface area (Å²) in [5.41, 5.74) is 0.881. The number of nitriles is 1. The molecule has 1 aromatic heterocycles. The average Bonchev–Trinajstić information content (AvgIpc) is 3.15. The number of anilines is 1. The van der Waals surface area contributed by atoms with Crippen molar-refractivity contribution in [2.24, 2.45) is 5.41 Å². The summed E-state index contributed by atoms with van der Waals surface area (Å²) >= 11 is 0. The highest BCUT2D eigenvalue weighted by Crippen LogP contribution is 2.77. The number of amides is 1. The van der Waals surface area contributed by atoms with Crippen LogP contribution in [-0.4, -0.2) is 34.3 Å². The second-order valence-corrected chi connectivity index (χ2v) is 7.99. The van der Waals surface area contributed by atoms with Crippen molar-refractivity contribution in [2.75, 3.05) is 5.32 Å². The smallest absolute Gasteiger partial charge is 0.234 e. The van der Waals surface area contributed by atoms with Gasteiger partial charge >= 0.3 is 0 Å². The van der Waals surface area contributed by atoms with Gasteiger partial charge in [0.15, 0.2) is 0 Å². The molecule has 2 saturated heterocycles. The monoisotopic (exact) mass is 379 g/mol. The molecule has 0 unspecified atom stereocenters. The van der Waals surface area contributed by atoms with Gasteiger partial charge in [-0.05, 0) is 54.8 Å². The molecule has 5 atom stereocenters. The number of aliphatic hydroxyl groups excluding tert-OH is 1. The van der Waals surface area contributed by atoms with Crippen LogP contribution in [0, 0.1) is 29.6 Å². The van der Waals surface area contributed by atoms with Gasteiger partial charge in [0.1, 0.15) is 0 Å². The Morgan fingerprint density at radius 1 is 1.43 bits per heavy atom. The third kappa shape index (κ3) is 2.07. The van der Waals surface area contributed by atoms with Gasteiger partial charge in [-0.1, -0.05) is 0 Å². The number of nitrogens with one attached hydrogen (secondary N) is 1. The summed E-state index contributed by atoms with van der Waals surface area (Å²) in [4.78, 5) is 17.0. The molecule has 2 aromatic rings. The Morgan fingerprint density at radius 2 is 2.25 bits per heavy atom. The molecule has 3 heterocycles. The molecule has 2 bridgehead atoms. The number of nitrogens with zero attached hydrogens (tertiary/aromatic N) is 2. The first-order valence-electron chi connectivity index (χ1n) is 9.19. The van der Waals surface area contributed by atoms with Gasteiger partial charge in [0.2, 0.25) is 11.9 Å². The Balaban J connectivity index is 1.53. The summed E-state index contributed by atoms with van der Waals surface area (Å²) < 4.78 is 19.8. The Hall–Kier alpha value is -2.82. The van der Waals surface area contributed by atoms with Gasteiger partial charge in [-0.15, -0.1) is 0 Å². The van der Waals surface area contributed by atoms with E-state index >= 15 is 0 Å². The highest BCUT2D eigenvalue weighted by Gasteiger charge is 2.87. The number of fused-ring (bicyclic) bond motifs is 5. The van der Waals surface area contributed by atoms with Crippen molar-refractivity contribution in [3.8, 4) is 6.07 Å². The molecule has 1 saturated carbocycles. The van der Waals surface area contributed by atoms with Gasteiger partial charge in [-0.3, -0.25) is 4.79 Å². The molecule has 28 heavy (non-hydrogen) atoms. The Morgan fingerprint density at radius 3 is 3.00 bits per heavy atom. The first-order valence-corrected chi connectivity index (χ1v) is 9.19. The molecule has 0 radical (unpaired) electrons. The number of aliphatic hydroxyl groups is 1. The van der Waals surface area contributed by atoms with Crippen LogP contribution in [-0.2, 0) is 14.9 Å². The standard InChI is InChI=1S/C21H18FN3O3/c1-11-4-12(9-23)6-14(5-11)25-19(27)21-10-20(21,13-2-3-24-17(22)7-13)18-15(26)8-16(21)28-18/h2-7,15-16,18,26H,8,10H2,1H3,(H,25,27)/t15-,16+,18-,20+,21+/m0/s1. The SMILES string of the molecule is Cc1cc(C#N)cc(NC(=O)[C@]23C[C@@]2(c2ccnc(F)c2)[C@H]2O[C@@H]3C[C@@H]2O)c1. The minimum absolute atomic E-state index is 0.224. The molecule has 6 nitrogen and oxygen atoms in total. The van der Waals surface area contributed by atoms with E-state index in [0.29, 0.717) is 29.7 Å². The van der Waals surface area contributed by atoms with Crippen LogP contribution in [0.15, 0.2) is 36.5 Å². The molecule has 5 rings (SSSR count). The maximum Gasteiger partial charge on any atom is 0.234 e. The number of aromatic nitrogens is 1. The highest BCUT2D eigenvalue weighted by atomic mass is 19.1. The van der Waals surface area contributed by atoms with Crippen molar-refractivity contribution in [3.63, 3.8) is 0 Å². The highest BCUT2D eigenvalue weighted by molar-refractivity contribution is 6.01. The van der Waals surface area contributed by atoms with E-state index in [0.717, 1.165) is 5.56 Å². The van der Waals surface area contributed by atoms with E-state index in [1.165, 1.54) is 12.3 Å². The number of hydrogen-bond donors (Lipinski definition) is 2. The predicted molar refractivity (Wildman–Crippen MR) is 96.7 cm³/mol. The Kier molecular flexibility index (Phi) is 3.46. The minimum atomic E-state index is -0.860. The van der Waals surface area contributed by atoms with Crippen LogP contribution < -0.4 is 5.32 Å². The minimum Gasteiger partial charge on any atom is -0.390 e. The number of ether oxygens (including phenoxy) is 1. The zero-order valence-corrected chi connectivity index (χ0v) is 15.1. The fourth-order valence-electron chi connectivity index (χ4n) is 5.37.